The molecule has 8 heteroatoms. The van der Waals surface area contributed by atoms with Gasteiger partial charge in [0.2, 0.25) is 11.8 Å². The number of aromatic nitrogens is 1. The summed E-state index contributed by atoms with van der Waals surface area (Å²) in [6, 6.07) is 11.6. The molecule has 31 heavy (non-hydrogen) atoms. The molecule has 0 aliphatic carbocycles. The van der Waals surface area contributed by atoms with Crippen molar-refractivity contribution in [1.82, 2.24) is 14.8 Å². The van der Waals surface area contributed by atoms with Gasteiger partial charge in [-0.2, -0.15) is 5.26 Å². The fourth-order valence-corrected chi connectivity index (χ4v) is 4.45. The van der Waals surface area contributed by atoms with E-state index < -0.39 is 0 Å². The molecule has 0 radical (unpaired) electrons. The van der Waals surface area contributed by atoms with E-state index in [9.17, 15) is 14.9 Å². The minimum atomic E-state index is -0.123. The summed E-state index contributed by atoms with van der Waals surface area (Å²) in [4.78, 5) is 34.8. The van der Waals surface area contributed by atoms with E-state index in [0.29, 0.717) is 37.0 Å². The van der Waals surface area contributed by atoms with Crippen LogP contribution in [0, 0.1) is 17.2 Å². The van der Waals surface area contributed by atoms with Gasteiger partial charge in [-0.15, -0.1) is 11.3 Å². The number of benzene rings is 1. The second-order valence-corrected chi connectivity index (χ2v) is 8.59. The van der Waals surface area contributed by atoms with Crippen molar-refractivity contribution >= 4 is 40.0 Å². The molecule has 1 aromatic carbocycles. The first-order valence-corrected chi connectivity index (χ1v) is 11.2. The lowest BCUT2D eigenvalue weighted by Gasteiger charge is -2.37. The van der Waals surface area contributed by atoms with Crippen molar-refractivity contribution in [1.29, 1.82) is 5.26 Å². The zero-order valence-corrected chi connectivity index (χ0v) is 18.9. The highest BCUT2D eigenvalue weighted by atomic mass is 32.1. The third-order valence-corrected chi connectivity index (χ3v) is 6.05. The third kappa shape index (κ3) is 5.57. The number of hydrogen-bond acceptors (Lipinski definition) is 6. The lowest BCUT2D eigenvalue weighted by molar-refractivity contribution is -0.128. The second kappa shape index (κ2) is 10.3. The molecule has 3 rings (SSSR count). The molecule has 1 atom stereocenters. The van der Waals surface area contributed by atoms with Crippen LogP contribution >= 0.6 is 11.3 Å². The van der Waals surface area contributed by atoms with Crippen molar-refractivity contribution in [2.45, 2.75) is 26.8 Å². The maximum atomic E-state index is 12.6. The summed E-state index contributed by atoms with van der Waals surface area (Å²) < 4.78 is 0. The van der Waals surface area contributed by atoms with Crippen molar-refractivity contribution in [2.75, 3.05) is 31.1 Å². The Balaban J connectivity index is 1.62. The van der Waals surface area contributed by atoms with Crippen molar-refractivity contribution in [3.05, 3.63) is 47.5 Å². The standard InChI is InChI=1S/C23H27N5O2S/c1-17(2)21(15-24)26-11-13-27(14-12-26)22(30)10-9-19-16-31-23(25-19)28(18(3)29)20-7-5-4-6-8-20/h4-10,16-17,21H,11-14H2,1-3H3/b10-9+. The van der Waals surface area contributed by atoms with Crippen LogP contribution < -0.4 is 4.90 Å². The van der Waals surface area contributed by atoms with E-state index in [1.54, 1.807) is 15.9 Å². The first-order chi connectivity index (χ1) is 14.9. The molecule has 1 aliphatic heterocycles. The van der Waals surface area contributed by atoms with E-state index in [4.69, 9.17) is 0 Å². The number of piperazine rings is 1. The van der Waals surface area contributed by atoms with Gasteiger partial charge in [0.25, 0.3) is 0 Å². The van der Waals surface area contributed by atoms with Gasteiger partial charge in [-0.25, -0.2) is 4.98 Å². The highest BCUT2D eigenvalue weighted by Gasteiger charge is 2.27. The SMILES string of the molecule is CC(=O)N(c1ccccc1)c1nc(/C=C/C(=O)N2CCN(C(C#N)C(C)C)CC2)cs1. The summed E-state index contributed by atoms with van der Waals surface area (Å²) >= 11 is 1.36. The van der Waals surface area contributed by atoms with Gasteiger partial charge in [-0.1, -0.05) is 32.0 Å². The Morgan fingerprint density at radius 2 is 1.87 bits per heavy atom. The van der Waals surface area contributed by atoms with E-state index in [0.717, 1.165) is 5.69 Å². The summed E-state index contributed by atoms with van der Waals surface area (Å²) in [6.45, 7) is 8.18. The van der Waals surface area contributed by atoms with Crippen LogP contribution in [0.2, 0.25) is 0 Å². The summed E-state index contributed by atoms with van der Waals surface area (Å²) in [7, 11) is 0. The van der Waals surface area contributed by atoms with Crippen molar-refractivity contribution in [2.24, 2.45) is 5.92 Å². The molecule has 1 fully saturated rings. The average Bonchev–Trinajstić information content (AvgIpc) is 3.21. The molecule has 0 N–H and O–H groups in total. The van der Waals surface area contributed by atoms with E-state index in [1.165, 1.54) is 24.3 Å². The predicted molar refractivity (Wildman–Crippen MR) is 123 cm³/mol. The minimum absolute atomic E-state index is 0.0706. The first kappa shape index (κ1) is 22.7. The number of nitrogens with zero attached hydrogens (tertiary/aromatic N) is 5. The molecule has 1 saturated heterocycles. The second-order valence-electron chi connectivity index (χ2n) is 7.76. The van der Waals surface area contributed by atoms with E-state index in [2.05, 4.69) is 16.0 Å². The lowest BCUT2D eigenvalue weighted by Crippen LogP contribution is -2.52. The van der Waals surface area contributed by atoms with Gasteiger partial charge < -0.3 is 4.90 Å². The summed E-state index contributed by atoms with van der Waals surface area (Å²) in [6.07, 6.45) is 3.21. The molecule has 162 valence electrons. The number of rotatable bonds is 6. The molecule has 1 aromatic heterocycles. The van der Waals surface area contributed by atoms with Gasteiger partial charge in [0.15, 0.2) is 5.13 Å². The Hall–Kier alpha value is -3.02. The van der Waals surface area contributed by atoms with Crippen LogP contribution in [0.15, 0.2) is 41.8 Å². The van der Waals surface area contributed by atoms with Crippen LogP contribution in [-0.4, -0.2) is 58.8 Å². The van der Waals surface area contributed by atoms with Crippen LogP contribution in [0.3, 0.4) is 0 Å². The van der Waals surface area contributed by atoms with Crippen molar-refractivity contribution in [3.8, 4) is 6.07 Å². The fourth-order valence-electron chi connectivity index (χ4n) is 3.59. The lowest BCUT2D eigenvalue weighted by atomic mass is 10.0. The van der Waals surface area contributed by atoms with Crippen LogP contribution in [0.5, 0.6) is 0 Å². The molecule has 2 aromatic rings. The minimum Gasteiger partial charge on any atom is -0.337 e. The number of amides is 2. The Labute approximate surface area is 187 Å². The van der Waals surface area contributed by atoms with Gasteiger partial charge in [0, 0.05) is 44.6 Å². The zero-order chi connectivity index (χ0) is 22.4. The highest BCUT2D eigenvalue weighted by Crippen LogP contribution is 2.29. The largest absolute Gasteiger partial charge is 0.337 e. The molecular weight excluding hydrogens is 410 g/mol. The Kier molecular flexibility index (Phi) is 7.55. The molecule has 0 saturated carbocycles. The van der Waals surface area contributed by atoms with E-state index >= 15 is 0 Å². The summed E-state index contributed by atoms with van der Waals surface area (Å²) in [5.41, 5.74) is 1.39. The van der Waals surface area contributed by atoms with Crippen LogP contribution in [0.4, 0.5) is 10.8 Å². The summed E-state index contributed by atoms with van der Waals surface area (Å²) in [5.74, 6) is 0.0669. The van der Waals surface area contributed by atoms with Gasteiger partial charge >= 0.3 is 0 Å². The Morgan fingerprint density at radius 1 is 1.19 bits per heavy atom. The first-order valence-electron chi connectivity index (χ1n) is 10.3. The Bertz CT molecular complexity index is 971. The number of anilines is 2. The number of carbonyl (C=O) groups excluding carboxylic acids is 2. The maximum absolute atomic E-state index is 12.6. The normalized spacial score (nSPS) is 15.8. The van der Waals surface area contributed by atoms with Crippen molar-refractivity contribution in [3.63, 3.8) is 0 Å². The smallest absolute Gasteiger partial charge is 0.246 e. The molecule has 1 unspecified atom stereocenters. The number of carbonyl (C=O) groups is 2. The van der Waals surface area contributed by atoms with E-state index in [1.807, 2.05) is 49.6 Å². The monoisotopic (exact) mass is 437 g/mol. The van der Waals surface area contributed by atoms with Crippen LogP contribution in [0.1, 0.15) is 26.5 Å². The van der Waals surface area contributed by atoms with Gasteiger partial charge in [-0.05, 0) is 24.1 Å². The van der Waals surface area contributed by atoms with E-state index in [-0.39, 0.29) is 23.8 Å². The quantitative estimate of drug-likeness (QED) is 0.646. The third-order valence-electron chi connectivity index (χ3n) is 5.21. The van der Waals surface area contributed by atoms with Gasteiger partial charge in [0.1, 0.15) is 6.04 Å². The fraction of sp³-hybridized carbons (Fsp3) is 0.391. The van der Waals surface area contributed by atoms with Gasteiger partial charge in [-0.3, -0.25) is 19.4 Å². The predicted octanol–water partition coefficient (Wildman–Crippen LogP) is 3.53. The topological polar surface area (TPSA) is 80.5 Å². The highest BCUT2D eigenvalue weighted by molar-refractivity contribution is 7.14. The Morgan fingerprint density at radius 3 is 2.45 bits per heavy atom. The van der Waals surface area contributed by atoms with Crippen LogP contribution in [-0.2, 0) is 9.59 Å². The average molecular weight is 438 g/mol. The number of para-hydroxylation sites is 1. The number of thiazole rings is 1. The van der Waals surface area contributed by atoms with Crippen molar-refractivity contribution < 1.29 is 9.59 Å². The molecular formula is C23H27N5O2S. The van der Waals surface area contributed by atoms with Gasteiger partial charge in [0.05, 0.1) is 17.5 Å². The zero-order valence-electron chi connectivity index (χ0n) is 18.1. The maximum Gasteiger partial charge on any atom is 0.246 e. The molecule has 0 spiro atoms. The van der Waals surface area contributed by atoms with Crippen LogP contribution in [0.25, 0.3) is 6.08 Å². The number of nitriles is 1. The molecule has 0 bridgehead atoms. The molecule has 1 aliphatic rings. The molecule has 7 nitrogen and oxygen atoms in total. The number of hydrogen-bond donors (Lipinski definition) is 0. The molecule has 2 heterocycles. The summed E-state index contributed by atoms with van der Waals surface area (Å²) in [5, 5.41) is 11.8. The molecule has 2 amide bonds.